The summed E-state index contributed by atoms with van der Waals surface area (Å²) in [5, 5.41) is 25.1. The molecule has 2 N–H and O–H groups in total. The largest absolute Gasteiger partial charge is 0.355 e. The lowest BCUT2D eigenvalue weighted by molar-refractivity contribution is -0.384. The van der Waals surface area contributed by atoms with Crippen molar-refractivity contribution >= 4 is 45.5 Å². The first kappa shape index (κ1) is 19.1. The summed E-state index contributed by atoms with van der Waals surface area (Å²) in [6.07, 6.45) is 0. The van der Waals surface area contributed by atoms with Crippen molar-refractivity contribution in [3.05, 3.63) is 34.4 Å². The van der Waals surface area contributed by atoms with Crippen LogP contribution in [0.3, 0.4) is 0 Å². The van der Waals surface area contributed by atoms with E-state index < -0.39 is 10.2 Å². The SMILES string of the molecule is CC(Sc1nnc(NC(C)(C)C)s1)C(=O)Nc1cccc([N+](=O)[O-])c1. The Morgan fingerprint density at radius 1 is 1.36 bits per heavy atom. The lowest BCUT2D eigenvalue weighted by atomic mass is 10.1. The zero-order chi connectivity index (χ0) is 18.6. The number of aromatic nitrogens is 2. The number of amides is 1. The normalized spacial score (nSPS) is 12.5. The van der Waals surface area contributed by atoms with E-state index in [2.05, 4.69) is 20.8 Å². The van der Waals surface area contributed by atoms with Gasteiger partial charge in [-0.15, -0.1) is 10.2 Å². The molecule has 2 rings (SSSR count). The second kappa shape index (κ2) is 7.79. The average Bonchev–Trinajstić information content (AvgIpc) is 2.92. The zero-order valence-electron chi connectivity index (χ0n) is 14.3. The minimum atomic E-state index is -0.501. The van der Waals surface area contributed by atoms with Crippen molar-refractivity contribution in [1.29, 1.82) is 0 Å². The van der Waals surface area contributed by atoms with Crippen molar-refractivity contribution < 1.29 is 9.72 Å². The van der Waals surface area contributed by atoms with Gasteiger partial charge in [0.05, 0.1) is 10.2 Å². The quantitative estimate of drug-likeness (QED) is 0.445. The van der Waals surface area contributed by atoms with Gasteiger partial charge in [-0.3, -0.25) is 14.9 Å². The van der Waals surface area contributed by atoms with Gasteiger partial charge in [0.15, 0.2) is 4.34 Å². The molecule has 0 aliphatic carbocycles. The van der Waals surface area contributed by atoms with E-state index >= 15 is 0 Å². The Kier molecular flexibility index (Phi) is 5.96. The van der Waals surface area contributed by atoms with Gasteiger partial charge < -0.3 is 10.6 Å². The molecule has 0 radical (unpaired) electrons. The monoisotopic (exact) mass is 381 g/mol. The molecule has 1 unspecified atom stereocenters. The molecule has 134 valence electrons. The molecule has 1 atom stereocenters. The molecular formula is C15H19N5O3S2. The Bertz CT molecular complexity index is 773. The fourth-order valence-electron chi connectivity index (χ4n) is 1.77. The van der Waals surface area contributed by atoms with E-state index in [1.165, 1.54) is 41.3 Å². The molecule has 0 spiro atoms. The van der Waals surface area contributed by atoms with E-state index in [1.807, 2.05) is 20.8 Å². The number of hydrogen-bond donors (Lipinski definition) is 2. The Morgan fingerprint density at radius 3 is 2.72 bits per heavy atom. The van der Waals surface area contributed by atoms with Gasteiger partial charge in [0.2, 0.25) is 11.0 Å². The molecule has 25 heavy (non-hydrogen) atoms. The summed E-state index contributed by atoms with van der Waals surface area (Å²) in [7, 11) is 0. The summed E-state index contributed by atoms with van der Waals surface area (Å²) >= 11 is 2.67. The fraction of sp³-hybridized carbons (Fsp3) is 0.400. The fourth-order valence-corrected chi connectivity index (χ4v) is 3.88. The first-order valence-corrected chi connectivity index (χ1v) is 9.17. The molecule has 1 aromatic heterocycles. The highest BCUT2D eigenvalue weighted by Crippen LogP contribution is 2.30. The van der Waals surface area contributed by atoms with Crippen LogP contribution >= 0.6 is 23.1 Å². The number of hydrogen-bond acceptors (Lipinski definition) is 8. The van der Waals surface area contributed by atoms with Gasteiger partial charge in [0.25, 0.3) is 5.69 Å². The molecule has 0 saturated carbocycles. The topological polar surface area (TPSA) is 110 Å². The van der Waals surface area contributed by atoms with E-state index in [1.54, 1.807) is 13.0 Å². The number of carbonyl (C=O) groups is 1. The number of thioether (sulfide) groups is 1. The van der Waals surface area contributed by atoms with Gasteiger partial charge >= 0.3 is 0 Å². The van der Waals surface area contributed by atoms with Crippen molar-refractivity contribution in [1.82, 2.24) is 10.2 Å². The number of rotatable bonds is 6. The van der Waals surface area contributed by atoms with Gasteiger partial charge in [-0.25, -0.2) is 0 Å². The van der Waals surface area contributed by atoms with E-state index in [4.69, 9.17) is 0 Å². The van der Waals surface area contributed by atoms with Crippen LogP contribution in [0.1, 0.15) is 27.7 Å². The van der Waals surface area contributed by atoms with E-state index in [9.17, 15) is 14.9 Å². The number of carbonyl (C=O) groups excluding carboxylic acids is 1. The van der Waals surface area contributed by atoms with Crippen LogP contribution in [0.25, 0.3) is 0 Å². The maximum absolute atomic E-state index is 12.3. The Hall–Kier alpha value is -2.20. The molecular weight excluding hydrogens is 362 g/mol. The maximum Gasteiger partial charge on any atom is 0.271 e. The number of nitrogens with zero attached hydrogens (tertiary/aromatic N) is 3. The van der Waals surface area contributed by atoms with E-state index in [0.29, 0.717) is 15.2 Å². The first-order chi connectivity index (χ1) is 11.6. The third kappa shape index (κ3) is 5.98. The summed E-state index contributed by atoms with van der Waals surface area (Å²) in [4.78, 5) is 22.6. The Morgan fingerprint density at radius 2 is 2.08 bits per heavy atom. The predicted molar refractivity (Wildman–Crippen MR) is 100 cm³/mol. The highest BCUT2D eigenvalue weighted by Gasteiger charge is 2.19. The number of nitrogens with one attached hydrogen (secondary N) is 2. The highest BCUT2D eigenvalue weighted by atomic mass is 32.2. The highest BCUT2D eigenvalue weighted by molar-refractivity contribution is 8.02. The van der Waals surface area contributed by atoms with Crippen LogP contribution in [0, 0.1) is 10.1 Å². The standard InChI is InChI=1S/C15H19N5O3S2/c1-9(24-14-19-18-13(25-14)17-15(2,3)4)12(21)16-10-6-5-7-11(8-10)20(22)23/h5-9H,1-4H3,(H,16,21)(H,17,18). The van der Waals surface area contributed by atoms with Gasteiger partial charge in [-0.1, -0.05) is 29.2 Å². The predicted octanol–water partition coefficient (Wildman–Crippen LogP) is 3.78. The molecule has 0 aliphatic heterocycles. The molecule has 0 saturated heterocycles. The van der Waals surface area contributed by atoms with Crippen LogP contribution in [0.4, 0.5) is 16.5 Å². The van der Waals surface area contributed by atoms with Crippen molar-refractivity contribution in [3.8, 4) is 0 Å². The molecule has 0 aliphatic rings. The molecule has 0 fully saturated rings. The van der Waals surface area contributed by atoms with Gasteiger partial charge in [-0.05, 0) is 33.8 Å². The summed E-state index contributed by atoms with van der Waals surface area (Å²) < 4.78 is 0.674. The van der Waals surface area contributed by atoms with Crippen LogP contribution in [0.5, 0.6) is 0 Å². The van der Waals surface area contributed by atoms with Crippen molar-refractivity contribution in [2.45, 2.75) is 42.8 Å². The summed E-state index contributed by atoms with van der Waals surface area (Å²) in [6, 6.07) is 5.84. The van der Waals surface area contributed by atoms with Gasteiger partial charge in [-0.2, -0.15) is 0 Å². The average molecular weight is 381 g/mol. The number of nitro benzene ring substituents is 1. The second-order valence-electron chi connectivity index (χ2n) is 6.30. The third-order valence-corrected chi connectivity index (χ3v) is 4.88. The zero-order valence-corrected chi connectivity index (χ0v) is 15.9. The minimum absolute atomic E-state index is 0.0693. The van der Waals surface area contributed by atoms with Crippen molar-refractivity contribution in [2.24, 2.45) is 0 Å². The maximum atomic E-state index is 12.3. The summed E-state index contributed by atoms with van der Waals surface area (Å²) in [5.41, 5.74) is 0.200. The lowest BCUT2D eigenvalue weighted by Gasteiger charge is -2.18. The van der Waals surface area contributed by atoms with Gasteiger partial charge in [0, 0.05) is 23.4 Å². The van der Waals surface area contributed by atoms with E-state index in [-0.39, 0.29) is 17.1 Å². The smallest absolute Gasteiger partial charge is 0.271 e. The molecule has 1 heterocycles. The molecule has 1 amide bonds. The first-order valence-electron chi connectivity index (χ1n) is 7.48. The van der Waals surface area contributed by atoms with Crippen LogP contribution in [-0.2, 0) is 4.79 Å². The Labute approximate surface area is 153 Å². The third-order valence-electron chi connectivity index (χ3n) is 2.86. The summed E-state index contributed by atoms with van der Waals surface area (Å²) in [6.45, 7) is 7.82. The molecule has 2 aromatic rings. The number of benzene rings is 1. The van der Waals surface area contributed by atoms with Crippen LogP contribution in [0.15, 0.2) is 28.6 Å². The van der Waals surface area contributed by atoms with Gasteiger partial charge in [0.1, 0.15) is 0 Å². The Balaban J connectivity index is 1.96. The second-order valence-corrected chi connectivity index (χ2v) is 8.87. The van der Waals surface area contributed by atoms with Crippen molar-refractivity contribution in [2.75, 3.05) is 10.6 Å². The minimum Gasteiger partial charge on any atom is -0.355 e. The molecule has 0 bridgehead atoms. The number of nitro groups is 1. The van der Waals surface area contributed by atoms with E-state index in [0.717, 1.165) is 0 Å². The number of non-ortho nitro benzene ring substituents is 1. The lowest BCUT2D eigenvalue weighted by Crippen LogP contribution is -2.25. The van der Waals surface area contributed by atoms with Crippen molar-refractivity contribution in [3.63, 3.8) is 0 Å². The van der Waals surface area contributed by atoms with Crippen LogP contribution in [-0.4, -0.2) is 31.8 Å². The number of anilines is 2. The van der Waals surface area contributed by atoms with Crippen LogP contribution in [0.2, 0.25) is 0 Å². The molecule has 1 aromatic carbocycles. The van der Waals surface area contributed by atoms with Crippen LogP contribution < -0.4 is 10.6 Å². The molecule has 8 nitrogen and oxygen atoms in total. The summed E-state index contributed by atoms with van der Waals surface area (Å²) in [5.74, 6) is -0.258. The molecule has 10 heteroatoms.